The molecule has 0 saturated heterocycles. The second-order valence-corrected chi connectivity index (χ2v) is 8.70. The van der Waals surface area contributed by atoms with Crippen molar-refractivity contribution >= 4 is 62.7 Å². The molecule has 0 atom stereocenters. The molecule has 8 heteroatoms. The predicted octanol–water partition coefficient (Wildman–Crippen LogP) is 5.28. The van der Waals surface area contributed by atoms with Crippen LogP contribution in [0.5, 0.6) is 5.75 Å². The number of fused-ring (bicyclic) bond motifs is 2. The number of anilines is 1. The molecule has 178 valence electrons. The van der Waals surface area contributed by atoms with Gasteiger partial charge in [-0.1, -0.05) is 60.1 Å². The fraction of sp³-hybridized carbons (Fsp3) is 0.0357. The number of hydrogen-bond acceptors (Lipinski definition) is 4. The summed E-state index contributed by atoms with van der Waals surface area (Å²) in [5.74, 6) is -0.498. The molecular weight excluding hydrogens is 476 g/mol. The molecule has 3 aromatic carbocycles. The third-order valence-electron chi connectivity index (χ3n) is 5.89. The van der Waals surface area contributed by atoms with Gasteiger partial charge in [-0.15, -0.1) is 0 Å². The van der Waals surface area contributed by atoms with Crippen LogP contribution in [0.2, 0.25) is 5.02 Å². The number of benzene rings is 3. The molecule has 7 nitrogen and oxygen atoms in total. The van der Waals surface area contributed by atoms with Crippen LogP contribution in [0, 0.1) is 0 Å². The van der Waals surface area contributed by atoms with Crippen molar-refractivity contribution in [1.29, 1.82) is 0 Å². The van der Waals surface area contributed by atoms with Gasteiger partial charge in [0.15, 0.2) is 0 Å². The Morgan fingerprint density at radius 3 is 2.64 bits per heavy atom. The zero-order chi connectivity index (χ0) is 25.2. The summed E-state index contributed by atoms with van der Waals surface area (Å²) in [6.45, 7) is 0. The highest BCUT2D eigenvalue weighted by Gasteiger charge is 2.14. The van der Waals surface area contributed by atoms with Gasteiger partial charge in [-0.25, -0.2) is 4.98 Å². The van der Waals surface area contributed by atoms with Crippen molar-refractivity contribution in [3.63, 3.8) is 0 Å². The maximum Gasteiger partial charge on any atom is 0.249 e. The van der Waals surface area contributed by atoms with Gasteiger partial charge in [0.05, 0.1) is 11.4 Å². The molecule has 2 aromatic heterocycles. The number of hydrogen-bond donors (Lipinski definition) is 4. The number of aromatic hydroxyl groups is 1. The number of aromatic nitrogens is 2. The number of halogens is 1. The van der Waals surface area contributed by atoms with Gasteiger partial charge in [0.2, 0.25) is 11.8 Å². The van der Waals surface area contributed by atoms with Crippen LogP contribution in [0.4, 0.5) is 5.82 Å². The van der Waals surface area contributed by atoms with Crippen LogP contribution in [-0.4, -0.2) is 26.9 Å². The summed E-state index contributed by atoms with van der Waals surface area (Å²) in [5, 5.41) is 15.5. The highest BCUT2D eigenvalue weighted by molar-refractivity contribution is 6.33. The number of nitrogens with zero attached hydrogens (tertiary/aromatic N) is 1. The minimum absolute atomic E-state index is 0.0874. The number of carbonyl (C=O) groups is 2. The lowest BCUT2D eigenvalue weighted by atomic mass is 10.0. The van der Waals surface area contributed by atoms with E-state index in [4.69, 9.17) is 17.3 Å². The molecule has 0 saturated carbocycles. The Hall–Kier alpha value is -4.62. The van der Waals surface area contributed by atoms with E-state index in [1.807, 2.05) is 42.5 Å². The fourth-order valence-electron chi connectivity index (χ4n) is 4.15. The summed E-state index contributed by atoms with van der Waals surface area (Å²) >= 11 is 6.00. The number of primary amides is 1. The van der Waals surface area contributed by atoms with Crippen molar-refractivity contribution in [2.75, 3.05) is 5.32 Å². The van der Waals surface area contributed by atoms with Crippen LogP contribution in [0.15, 0.2) is 79.0 Å². The van der Waals surface area contributed by atoms with Crippen molar-refractivity contribution in [2.24, 2.45) is 5.73 Å². The van der Waals surface area contributed by atoms with Crippen LogP contribution in [-0.2, 0) is 16.0 Å². The van der Waals surface area contributed by atoms with Crippen LogP contribution in [0.25, 0.3) is 33.5 Å². The molecular formula is C28H21ClN4O3. The second-order valence-electron chi connectivity index (χ2n) is 8.29. The van der Waals surface area contributed by atoms with Gasteiger partial charge in [0.1, 0.15) is 17.2 Å². The number of phenols is 1. The maximum atomic E-state index is 12.7. The molecule has 5 N–H and O–H groups in total. The number of amides is 2. The van der Waals surface area contributed by atoms with Crippen LogP contribution >= 0.6 is 11.6 Å². The second kappa shape index (κ2) is 9.56. The van der Waals surface area contributed by atoms with Crippen LogP contribution in [0.3, 0.4) is 0 Å². The van der Waals surface area contributed by atoms with Gasteiger partial charge in [-0.2, -0.15) is 0 Å². The van der Waals surface area contributed by atoms with E-state index < -0.39 is 5.91 Å². The van der Waals surface area contributed by atoms with Gasteiger partial charge in [0, 0.05) is 22.7 Å². The zero-order valence-corrected chi connectivity index (χ0v) is 19.7. The highest BCUT2D eigenvalue weighted by atomic mass is 35.5. The third-order valence-corrected chi connectivity index (χ3v) is 6.20. The molecule has 0 unspecified atom stereocenters. The maximum absolute atomic E-state index is 12.7. The largest absolute Gasteiger partial charge is 0.506 e. The summed E-state index contributed by atoms with van der Waals surface area (Å²) in [6, 6.07) is 21.8. The van der Waals surface area contributed by atoms with Crippen molar-refractivity contribution in [3.05, 3.63) is 101 Å². The number of rotatable bonds is 6. The topological polar surface area (TPSA) is 121 Å². The van der Waals surface area contributed by atoms with Gasteiger partial charge >= 0.3 is 0 Å². The Morgan fingerprint density at radius 2 is 1.83 bits per heavy atom. The predicted molar refractivity (Wildman–Crippen MR) is 143 cm³/mol. The lowest BCUT2D eigenvalue weighted by Crippen LogP contribution is -2.15. The summed E-state index contributed by atoms with van der Waals surface area (Å²) in [7, 11) is 0. The van der Waals surface area contributed by atoms with Gasteiger partial charge < -0.3 is 21.1 Å². The van der Waals surface area contributed by atoms with Crippen molar-refractivity contribution in [3.8, 4) is 5.75 Å². The molecule has 0 aliphatic carbocycles. The van der Waals surface area contributed by atoms with E-state index in [2.05, 4.69) is 15.3 Å². The first kappa shape index (κ1) is 23.1. The van der Waals surface area contributed by atoms with E-state index in [0.29, 0.717) is 22.6 Å². The zero-order valence-electron chi connectivity index (χ0n) is 19.0. The molecule has 2 heterocycles. The average Bonchev–Trinajstić information content (AvgIpc) is 3.26. The van der Waals surface area contributed by atoms with Crippen LogP contribution < -0.4 is 11.1 Å². The number of aromatic amines is 1. The first-order chi connectivity index (χ1) is 17.4. The van der Waals surface area contributed by atoms with Gasteiger partial charge in [-0.3, -0.25) is 9.59 Å². The summed E-state index contributed by atoms with van der Waals surface area (Å²) in [5.41, 5.74) is 8.47. The molecule has 0 fully saturated rings. The van der Waals surface area contributed by atoms with Crippen molar-refractivity contribution in [1.82, 2.24) is 9.97 Å². The molecule has 0 aliphatic heterocycles. The molecule has 0 spiro atoms. The first-order valence-corrected chi connectivity index (χ1v) is 11.5. The number of phenolic OH excluding ortho intramolecular Hbond substituents is 1. The Morgan fingerprint density at radius 1 is 1.03 bits per heavy atom. The lowest BCUT2D eigenvalue weighted by Gasteiger charge is -2.08. The molecule has 5 rings (SSSR count). The van der Waals surface area contributed by atoms with E-state index in [1.165, 1.54) is 12.1 Å². The SMILES string of the molecule is NC(=O)/C(=C\c1c[nH]c2nc(NC(=O)Cc3cccc4ccccc34)ccc12)c1ccc(O)c(Cl)c1. The molecule has 0 aliphatic rings. The van der Waals surface area contributed by atoms with E-state index in [0.717, 1.165) is 21.7 Å². The molecule has 0 radical (unpaired) electrons. The number of carbonyl (C=O) groups excluding carboxylic acids is 2. The van der Waals surface area contributed by atoms with E-state index in [-0.39, 0.29) is 28.7 Å². The fourth-order valence-corrected chi connectivity index (χ4v) is 4.33. The van der Waals surface area contributed by atoms with Gasteiger partial charge in [0.25, 0.3) is 0 Å². The lowest BCUT2D eigenvalue weighted by molar-refractivity contribution is -0.115. The summed E-state index contributed by atoms with van der Waals surface area (Å²) in [4.78, 5) is 32.5. The normalized spacial score (nSPS) is 11.6. The number of nitrogens with two attached hydrogens (primary N) is 1. The Bertz CT molecular complexity index is 1670. The first-order valence-electron chi connectivity index (χ1n) is 11.1. The van der Waals surface area contributed by atoms with Gasteiger partial charge in [-0.05, 0) is 52.2 Å². The standard InChI is InChI=1S/C28H21ClN4O3/c29-23-13-18(8-10-24(23)34)22(27(30)36)12-19-15-31-28-21(19)9-11-25(33-28)32-26(35)14-17-6-3-5-16-4-1-2-7-20(16)17/h1-13,15,34H,14H2,(H2,30,36)(H2,31,32,33,35)/b22-12-. The Kier molecular flexibility index (Phi) is 6.14. The van der Waals surface area contributed by atoms with E-state index in [1.54, 1.807) is 30.5 Å². The van der Waals surface area contributed by atoms with E-state index >= 15 is 0 Å². The summed E-state index contributed by atoms with van der Waals surface area (Å²) in [6.07, 6.45) is 3.55. The number of H-pyrrole nitrogens is 1. The van der Waals surface area contributed by atoms with Crippen molar-refractivity contribution < 1.29 is 14.7 Å². The minimum atomic E-state index is -0.642. The minimum Gasteiger partial charge on any atom is -0.506 e. The Labute approximate surface area is 211 Å². The average molecular weight is 497 g/mol. The van der Waals surface area contributed by atoms with Crippen LogP contribution in [0.1, 0.15) is 16.7 Å². The van der Waals surface area contributed by atoms with E-state index in [9.17, 15) is 14.7 Å². The molecule has 36 heavy (non-hydrogen) atoms. The smallest absolute Gasteiger partial charge is 0.249 e. The third kappa shape index (κ3) is 4.64. The Balaban J connectivity index is 1.39. The quantitative estimate of drug-likeness (QED) is 0.239. The molecule has 2 amide bonds. The molecule has 0 bridgehead atoms. The number of pyridine rings is 1. The summed E-state index contributed by atoms with van der Waals surface area (Å²) < 4.78 is 0. The van der Waals surface area contributed by atoms with Crippen molar-refractivity contribution in [2.45, 2.75) is 6.42 Å². The highest BCUT2D eigenvalue weighted by Crippen LogP contribution is 2.29. The molecule has 5 aromatic rings. The monoisotopic (exact) mass is 496 g/mol. The number of nitrogens with one attached hydrogen (secondary N) is 2.